The molecule has 0 bridgehead atoms. The van der Waals surface area contributed by atoms with Crippen LogP contribution >= 0.6 is 11.3 Å². The molecule has 1 fully saturated rings. The molecule has 3 rings (SSSR count). The third-order valence-electron chi connectivity index (χ3n) is 4.35. The van der Waals surface area contributed by atoms with Gasteiger partial charge in [-0.1, -0.05) is 0 Å². The number of nitrogens with zero attached hydrogens (tertiary/aromatic N) is 1. The second-order valence-corrected chi connectivity index (χ2v) is 8.39. The summed E-state index contributed by atoms with van der Waals surface area (Å²) in [5.74, 6) is 0.641. The Balaban J connectivity index is 1.73. The van der Waals surface area contributed by atoms with Gasteiger partial charge in [-0.15, -0.1) is 0 Å². The normalized spacial score (nSPS) is 17.0. The summed E-state index contributed by atoms with van der Waals surface area (Å²) in [7, 11) is -1.97. The quantitative estimate of drug-likeness (QED) is 0.819. The van der Waals surface area contributed by atoms with Crippen molar-refractivity contribution < 1.29 is 13.2 Å². The first-order valence-electron chi connectivity index (χ1n) is 8.00. The number of benzene rings is 1. The SMILES string of the molecule is COc1ccc(S(=O)(=O)NCC(c2ccsc2)N2CCCC2)cc1. The van der Waals surface area contributed by atoms with Crippen LogP contribution in [0.2, 0.25) is 0 Å². The first kappa shape index (κ1) is 17.4. The Morgan fingerprint density at radius 3 is 2.50 bits per heavy atom. The minimum Gasteiger partial charge on any atom is -0.497 e. The van der Waals surface area contributed by atoms with E-state index in [1.54, 1.807) is 42.7 Å². The van der Waals surface area contributed by atoms with E-state index >= 15 is 0 Å². The summed E-state index contributed by atoms with van der Waals surface area (Å²) in [4.78, 5) is 2.62. The molecule has 1 atom stereocenters. The van der Waals surface area contributed by atoms with E-state index in [-0.39, 0.29) is 10.9 Å². The smallest absolute Gasteiger partial charge is 0.240 e. The molecular formula is C17H22N2O3S2. The summed E-state index contributed by atoms with van der Waals surface area (Å²) in [5, 5.41) is 4.14. The van der Waals surface area contributed by atoms with Crippen LogP contribution in [-0.2, 0) is 10.0 Å². The maximum Gasteiger partial charge on any atom is 0.240 e. The topological polar surface area (TPSA) is 58.6 Å². The van der Waals surface area contributed by atoms with Crippen molar-refractivity contribution in [2.75, 3.05) is 26.7 Å². The lowest BCUT2D eigenvalue weighted by Gasteiger charge is -2.27. The summed E-state index contributed by atoms with van der Waals surface area (Å²) in [6.07, 6.45) is 2.34. The standard InChI is InChI=1S/C17H22N2O3S2/c1-22-15-4-6-16(7-5-15)24(20,21)18-12-17(14-8-11-23-13-14)19-9-2-3-10-19/h4-8,11,13,17-18H,2-3,9-10,12H2,1H3. The molecule has 0 amide bonds. The van der Waals surface area contributed by atoms with Crippen molar-refractivity contribution >= 4 is 21.4 Å². The van der Waals surface area contributed by atoms with Crippen LogP contribution in [0, 0.1) is 0 Å². The predicted octanol–water partition coefficient (Wildman–Crippen LogP) is 2.87. The third kappa shape index (κ3) is 3.97. The van der Waals surface area contributed by atoms with Crippen LogP contribution in [0.1, 0.15) is 24.4 Å². The lowest BCUT2D eigenvalue weighted by atomic mass is 10.1. The van der Waals surface area contributed by atoms with Gasteiger partial charge in [0, 0.05) is 12.6 Å². The summed E-state index contributed by atoms with van der Waals surface area (Å²) >= 11 is 1.64. The van der Waals surface area contributed by atoms with Gasteiger partial charge >= 0.3 is 0 Å². The van der Waals surface area contributed by atoms with E-state index in [0.717, 1.165) is 13.1 Å². The summed E-state index contributed by atoms with van der Waals surface area (Å²) in [6, 6.07) is 8.62. The van der Waals surface area contributed by atoms with E-state index in [0.29, 0.717) is 12.3 Å². The molecule has 130 valence electrons. The molecule has 1 saturated heterocycles. The second kappa shape index (κ2) is 7.65. The van der Waals surface area contributed by atoms with Crippen LogP contribution in [0.3, 0.4) is 0 Å². The van der Waals surface area contributed by atoms with Crippen molar-refractivity contribution in [3.05, 3.63) is 46.7 Å². The van der Waals surface area contributed by atoms with Gasteiger partial charge in [0.25, 0.3) is 0 Å². The number of ether oxygens (including phenoxy) is 1. The third-order valence-corrected chi connectivity index (χ3v) is 6.49. The number of hydrogen-bond donors (Lipinski definition) is 1. The molecule has 0 saturated carbocycles. The maximum absolute atomic E-state index is 12.6. The number of thiophene rings is 1. The van der Waals surface area contributed by atoms with Crippen LogP contribution in [0.4, 0.5) is 0 Å². The zero-order valence-corrected chi connectivity index (χ0v) is 15.3. The Labute approximate surface area is 147 Å². The van der Waals surface area contributed by atoms with Crippen molar-refractivity contribution in [1.29, 1.82) is 0 Å². The lowest BCUT2D eigenvalue weighted by molar-refractivity contribution is 0.247. The molecule has 2 aromatic rings. The number of sulfonamides is 1. The molecule has 2 heterocycles. The van der Waals surface area contributed by atoms with Gasteiger partial charge in [0.2, 0.25) is 10.0 Å². The first-order valence-corrected chi connectivity index (χ1v) is 10.4. The Morgan fingerprint density at radius 1 is 1.21 bits per heavy atom. The first-order chi connectivity index (χ1) is 11.6. The van der Waals surface area contributed by atoms with E-state index in [4.69, 9.17) is 4.74 Å². The number of likely N-dealkylation sites (tertiary alicyclic amines) is 1. The monoisotopic (exact) mass is 366 g/mol. The van der Waals surface area contributed by atoms with Crippen molar-refractivity contribution in [2.45, 2.75) is 23.8 Å². The molecule has 24 heavy (non-hydrogen) atoms. The van der Waals surface area contributed by atoms with Crippen LogP contribution in [0.15, 0.2) is 46.0 Å². The Hall–Kier alpha value is -1.41. The van der Waals surface area contributed by atoms with Crippen LogP contribution in [0.25, 0.3) is 0 Å². The van der Waals surface area contributed by atoms with E-state index in [1.807, 2.05) is 5.38 Å². The molecule has 0 radical (unpaired) electrons. The molecule has 1 aliphatic rings. The fourth-order valence-electron chi connectivity index (χ4n) is 3.00. The summed E-state index contributed by atoms with van der Waals surface area (Å²) in [5.41, 5.74) is 1.18. The number of methoxy groups -OCH3 is 1. The number of hydrogen-bond acceptors (Lipinski definition) is 5. The van der Waals surface area contributed by atoms with E-state index in [1.165, 1.54) is 18.4 Å². The van der Waals surface area contributed by atoms with E-state index in [9.17, 15) is 8.42 Å². The van der Waals surface area contributed by atoms with Gasteiger partial charge in [0.15, 0.2) is 0 Å². The molecule has 1 aromatic carbocycles. The van der Waals surface area contributed by atoms with Gasteiger partial charge in [0.1, 0.15) is 5.75 Å². The minimum absolute atomic E-state index is 0.0896. The van der Waals surface area contributed by atoms with Gasteiger partial charge in [0.05, 0.1) is 12.0 Å². The van der Waals surface area contributed by atoms with E-state index < -0.39 is 10.0 Å². The molecule has 1 aromatic heterocycles. The molecule has 0 spiro atoms. The van der Waals surface area contributed by atoms with Gasteiger partial charge in [-0.05, 0) is 72.6 Å². The van der Waals surface area contributed by atoms with Crippen molar-refractivity contribution in [3.8, 4) is 5.75 Å². The highest BCUT2D eigenvalue weighted by molar-refractivity contribution is 7.89. The van der Waals surface area contributed by atoms with Crippen molar-refractivity contribution in [2.24, 2.45) is 0 Å². The Bertz CT molecular complexity index is 737. The van der Waals surface area contributed by atoms with Crippen LogP contribution in [-0.4, -0.2) is 40.1 Å². The van der Waals surface area contributed by atoms with Crippen molar-refractivity contribution in [1.82, 2.24) is 9.62 Å². The second-order valence-electron chi connectivity index (χ2n) is 5.84. The van der Waals surface area contributed by atoms with Gasteiger partial charge in [-0.25, -0.2) is 13.1 Å². The molecule has 5 nitrogen and oxygen atoms in total. The molecule has 7 heteroatoms. The Kier molecular flexibility index (Phi) is 5.55. The molecule has 0 aliphatic carbocycles. The highest BCUT2D eigenvalue weighted by Crippen LogP contribution is 2.26. The maximum atomic E-state index is 12.6. The number of rotatable bonds is 7. The van der Waals surface area contributed by atoms with E-state index in [2.05, 4.69) is 21.1 Å². The largest absolute Gasteiger partial charge is 0.497 e. The van der Waals surface area contributed by atoms with Gasteiger partial charge in [-0.2, -0.15) is 11.3 Å². The minimum atomic E-state index is -3.53. The molecular weight excluding hydrogens is 344 g/mol. The Morgan fingerprint density at radius 2 is 1.92 bits per heavy atom. The average molecular weight is 367 g/mol. The fraction of sp³-hybridized carbons (Fsp3) is 0.412. The molecule has 1 N–H and O–H groups in total. The fourth-order valence-corrected chi connectivity index (χ4v) is 4.75. The average Bonchev–Trinajstić information content (AvgIpc) is 3.29. The molecule has 1 unspecified atom stereocenters. The molecule has 1 aliphatic heterocycles. The van der Waals surface area contributed by atoms with Gasteiger partial charge < -0.3 is 4.74 Å². The van der Waals surface area contributed by atoms with Crippen LogP contribution in [0.5, 0.6) is 5.75 Å². The van der Waals surface area contributed by atoms with Crippen molar-refractivity contribution in [3.63, 3.8) is 0 Å². The zero-order valence-electron chi connectivity index (χ0n) is 13.6. The summed E-state index contributed by atoms with van der Waals surface area (Å²) < 4.78 is 33.0. The highest BCUT2D eigenvalue weighted by atomic mass is 32.2. The van der Waals surface area contributed by atoms with Crippen LogP contribution < -0.4 is 9.46 Å². The lowest BCUT2D eigenvalue weighted by Crippen LogP contribution is -2.36. The zero-order chi connectivity index (χ0) is 17.0. The highest BCUT2D eigenvalue weighted by Gasteiger charge is 2.25. The number of nitrogens with one attached hydrogen (secondary N) is 1. The summed E-state index contributed by atoms with van der Waals surface area (Å²) in [6.45, 7) is 2.42. The predicted molar refractivity (Wildman–Crippen MR) is 96.0 cm³/mol. The van der Waals surface area contributed by atoms with Gasteiger partial charge in [-0.3, -0.25) is 4.90 Å².